The summed E-state index contributed by atoms with van der Waals surface area (Å²) >= 11 is 0. The highest BCUT2D eigenvalue weighted by Gasteiger charge is 2.13. The van der Waals surface area contributed by atoms with Gasteiger partial charge in [0.1, 0.15) is 5.75 Å². The first-order chi connectivity index (χ1) is 10.2. The van der Waals surface area contributed by atoms with Crippen molar-refractivity contribution in [1.29, 1.82) is 0 Å². The Labute approximate surface area is 128 Å². The Balaban J connectivity index is 2.27. The third-order valence-electron chi connectivity index (χ3n) is 3.48. The summed E-state index contributed by atoms with van der Waals surface area (Å²) in [5.41, 5.74) is 3.82. The zero-order valence-electron chi connectivity index (χ0n) is 13.2. The van der Waals surface area contributed by atoms with Gasteiger partial charge in [0.2, 0.25) is 0 Å². The maximum Gasteiger partial charge on any atom is 0.119 e. The number of hydrogen-bond acceptors (Lipinski definition) is 2. The Bertz CT molecular complexity index is 548. The summed E-state index contributed by atoms with van der Waals surface area (Å²) in [6.45, 7) is 8.07. The molecule has 0 spiro atoms. The molecule has 2 nitrogen and oxygen atoms in total. The van der Waals surface area contributed by atoms with E-state index in [0.29, 0.717) is 0 Å². The number of benzene rings is 2. The Hall–Kier alpha value is -1.80. The minimum Gasteiger partial charge on any atom is -0.494 e. The van der Waals surface area contributed by atoms with E-state index in [0.717, 1.165) is 25.3 Å². The first-order valence-electron chi connectivity index (χ1n) is 7.77. The SMILES string of the molecule is CCCOc1cccc(C(NCC)c2ccc(C)cc2)c1. The van der Waals surface area contributed by atoms with Gasteiger partial charge in [0.15, 0.2) is 0 Å². The molecular weight excluding hydrogens is 258 g/mol. The summed E-state index contributed by atoms with van der Waals surface area (Å²) in [7, 11) is 0. The fourth-order valence-electron chi connectivity index (χ4n) is 2.39. The highest BCUT2D eigenvalue weighted by Crippen LogP contribution is 2.25. The number of nitrogens with one attached hydrogen (secondary N) is 1. The van der Waals surface area contributed by atoms with Gasteiger partial charge in [-0.2, -0.15) is 0 Å². The van der Waals surface area contributed by atoms with Crippen LogP contribution in [0.3, 0.4) is 0 Å². The number of hydrogen-bond donors (Lipinski definition) is 1. The quantitative estimate of drug-likeness (QED) is 0.808. The predicted octanol–water partition coefficient (Wildman–Crippen LogP) is 4.48. The molecule has 0 aliphatic rings. The standard InChI is InChI=1S/C19H25NO/c1-4-13-21-18-8-6-7-17(14-18)19(20-5-2)16-11-9-15(3)10-12-16/h6-12,14,19-20H,4-5,13H2,1-3H3. The molecule has 0 aliphatic carbocycles. The Kier molecular flexibility index (Phi) is 5.82. The topological polar surface area (TPSA) is 21.3 Å². The number of rotatable bonds is 7. The number of ether oxygens (including phenoxy) is 1. The fraction of sp³-hybridized carbons (Fsp3) is 0.368. The number of aryl methyl sites for hydroxylation is 1. The van der Waals surface area contributed by atoms with Crippen molar-refractivity contribution in [3.8, 4) is 5.75 Å². The molecule has 1 N–H and O–H groups in total. The van der Waals surface area contributed by atoms with Gasteiger partial charge in [-0.3, -0.25) is 0 Å². The second-order valence-electron chi connectivity index (χ2n) is 5.32. The zero-order chi connectivity index (χ0) is 15.1. The molecule has 0 fully saturated rings. The van der Waals surface area contributed by atoms with Gasteiger partial charge in [-0.05, 0) is 43.1 Å². The molecule has 2 aromatic rings. The molecule has 0 saturated carbocycles. The summed E-state index contributed by atoms with van der Waals surface area (Å²) < 4.78 is 5.75. The molecule has 1 unspecified atom stereocenters. The summed E-state index contributed by atoms with van der Waals surface area (Å²) in [4.78, 5) is 0. The van der Waals surface area contributed by atoms with Gasteiger partial charge in [-0.1, -0.05) is 55.8 Å². The summed E-state index contributed by atoms with van der Waals surface area (Å²) in [6, 6.07) is 17.3. The fourth-order valence-corrected chi connectivity index (χ4v) is 2.39. The monoisotopic (exact) mass is 283 g/mol. The highest BCUT2D eigenvalue weighted by molar-refractivity contribution is 5.37. The maximum absolute atomic E-state index is 5.75. The van der Waals surface area contributed by atoms with Gasteiger partial charge in [-0.15, -0.1) is 0 Å². The molecule has 112 valence electrons. The molecule has 0 saturated heterocycles. The van der Waals surface area contributed by atoms with E-state index < -0.39 is 0 Å². The lowest BCUT2D eigenvalue weighted by atomic mass is 9.97. The second-order valence-corrected chi connectivity index (χ2v) is 5.32. The summed E-state index contributed by atoms with van der Waals surface area (Å²) in [5.74, 6) is 0.948. The normalized spacial score (nSPS) is 12.1. The minimum absolute atomic E-state index is 0.209. The van der Waals surface area contributed by atoms with Crippen LogP contribution in [0.1, 0.15) is 43.0 Å². The first-order valence-corrected chi connectivity index (χ1v) is 7.77. The van der Waals surface area contributed by atoms with Crippen molar-refractivity contribution < 1.29 is 4.74 Å². The molecule has 2 heteroatoms. The lowest BCUT2D eigenvalue weighted by molar-refractivity contribution is 0.317. The molecule has 0 radical (unpaired) electrons. The lowest BCUT2D eigenvalue weighted by Crippen LogP contribution is -2.22. The van der Waals surface area contributed by atoms with Gasteiger partial charge in [-0.25, -0.2) is 0 Å². The van der Waals surface area contributed by atoms with Crippen LogP contribution in [0.2, 0.25) is 0 Å². The van der Waals surface area contributed by atoms with Crippen LogP contribution in [0.4, 0.5) is 0 Å². The third-order valence-corrected chi connectivity index (χ3v) is 3.48. The molecule has 0 aliphatic heterocycles. The van der Waals surface area contributed by atoms with Crippen LogP contribution in [-0.4, -0.2) is 13.2 Å². The third kappa shape index (κ3) is 4.33. The van der Waals surface area contributed by atoms with E-state index in [9.17, 15) is 0 Å². The van der Waals surface area contributed by atoms with Crippen molar-refractivity contribution in [3.63, 3.8) is 0 Å². The molecule has 0 heterocycles. The van der Waals surface area contributed by atoms with Crippen LogP contribution in [-0.2, 0) is 0 Å². The molecule has 1 atom stereocenters. The van der Waals surface area contributed by atoms with E-state index in [1.54, 1.807) is 0 Å². The molecular formula is C19H25NO. The predicted molar refractivity (Wildman–Crippen MR) is 88.9 cm³/mol. The largest absolute Gasteiger partial charge is 0.494 e. The van der Waals surface area contributed by atoms with Crippen LogP contribution in [0.5, 0.6) is 5.75 Å². The van der Waals surface area contributed by atoms with Crippen LogP contribution in [0.15, 0.2) is 48.5 Å². The Morgan fingerprint density at radius 2 is 1.76 bits per heavy atom. The van der Waals surface area contributed by atoms with Crippen molar-refractivity contribution >= 4 is 0 Å². The van der Waals surface area contributed by atoms with Crippen LogP contribution < -0.4 is 10.1 Å². The summed E-state index contributed by atoms with van der Waals surface area (Å²) in [5, 5.41) is 3.56. The molecule has 0 aromatic heterocycles. The molecule has 2 aromatic carbocycles. The highest BCUT2D eigenvalue weighted by atomic mass is 16.5. The van der Waals surface area contributed by atoms with Gasteiger partial charge < -0.3 is 10.1 Å². The van der Waals surface area contributed by atoms with E-state index in [4.69, 9.17) is 4.74 Å². The van der Waals surface area contributed by atoms with Crippen molar-refractivity contribution in [2.45, 2.75) is 33.2 Å². The summed E-state index contributed by atoms with van der Waals surface area (Å²) in [6.07, 6.45) is 1.03. The van der Waals surface area contributed by atoms with E-state index >= 15 is 0 Å². The van der Waals surface area contributed by atoms with Crippen LogP contribution >= 0.6 is 0 Å². The van der Waals surface area contributed by atoms with Gasteiger partial charge >= 0.3 is 0 Å². The van der Waals surface area contributed by atoms with Gasteiger partial charge in [0.25, 0.3) is 0 Å². The van der Waals surface area contributed by atoms with E-state index in [1.807, 2.05) is 6.07 Å². The average Bonchev–Trinajstić information content (AvgIpc) is 2.52. The van der Waals surface area contributed by atoms with E-state index in [-0.39, 0.29) is 6.04 Å². The smallest absolute Gasteiger partial charge is 0.119 e. The Morgan fingerprint density at radius 3 is 2.43 bits per heavy atom. The second kappa shape index (κ2) is 7.84. The average molecular weight is 283 g/mol. The van der Waals surface area contributed by atoms with Crippen molar-refractivity contribution in [3.05, 3.63) is 65.2 Å². The molecule has 0 bridgehead atoms. The zero-order valence-corrected chi connectivity index (χ0v) is 13.2. The minimum atomic E-state index is 0.209. The molecule has 21 heavy (non-hydrogen) atoms. The van der Waals surface area contributed by atoms with Crippen molar-refractivity contribution in [2.24, 2.45) is 0 Å². The maximum atomic E-state index is 5.75. The van der Waals surface area contributed by atoms with Crippen LogP contribution in [0.25, 0.3) is 0 Å². The Morgan fingerprint density at radius 1 is 1.00 bits per heavy atom. The first kappa shape index (κ1) is 15.6. The molecule has 2 rings (SSSR count). The lowest BCUT2D eigenvalue weighted by Gasteiger charge is -2.20. The van der Waals surface area contributed by atoms with Gasteiger partial charge in [0.05, 0.1) is 12.6 Å². The molecule has 0 amide bonds. The van der Waals surface area contributed by atoms with Crippen molar-refractivity contribution in [2.75, 3.05) is 13.2 Å². The van der Waals surface area contributed by atoms with Crippen LogP contribution in [0, 0.1) is 6.92 Å². The van der Waals surface area contributed by atoms with Gasteiger partial charge in [0, 0.05) is 0 Å². The van der Waals surface area contributed by atoms with E-state index in [2.05, 4.69) is 68.6 Å². The van der Waals surface area contributed by atoms with E-state index in [1.165, 1.54) is 16.7 Å². The van der Waals surface area contributed by atoms with Crippen molar-refractivity contribution in [1.82, 2.24) is 5.32 Å².